The standard InChI is InChI=1S/C26H26FN3O4S/c1-4-32-20-13-18(14-21(33-5-2)24(20)34-6-3)25(31)30(16-17-9-8-12-28-15-17)26-29-23-19(27)10-7-11-22(23)35-26/h7-15H,4-6,16H2,1-3H3. The van der Waals surface area contributed by atoms with E-state index in [1.165, 1.54) is 22.3 Å². The third-order valence-corrected chi connectivity index (χ3v) is 6.10. The highest BCUT2D eigenvalue weighted by Gasteiger charge is 2.26. The van der Waals surface area contributed by atoms with Gasteiger partial charge in [-0.15, -0.1) is 0 Å². The SMILES string of the molecule is CCOc1cc(C(=O)N(Cc2cccnc2)c2nc3c(F)cccc3s2)cc(OCC)c1OCC. The van der Waals surface area contributed by atoms with Crippen molar-refractivity contribution in [1.29, 1.82) is 0 Å². The summed E-state index contributed by atoms with van der Waals surface area (Å²) in [5, 5.41) is 0.378. The maximum Gasteiger partial charge on any atom is 0.260 e. The highest BCUT2D eigenvalue weighted by Crippen LogP contribution is 2.40. The van der Waals surface area contributed by atoms with Crippen molar-refractivity contribution < 1.29 is 23.4 Å². The van der Waals surface area contributed by atoms with E-state index in [1.54, 1.807) is 42.7 Å². The first-order valence-corrected chi connectivity index (χ1v) is 12.2. The Bertz CT molecular complexity index is 1290. The maximum absolute atomic E-state index is 14.4. The Morgan fingerprint density at radius 3 is 2.31 bits per heavy atom. The van der Waals surface area contributed by atoms with E-state index in [0.717, 1.165) is 5.56 Å². The molecule has 4 aromatic rings. The molecule has 0 N–H and O–H groups in total. The van der Waals surface area contributed by atoms with Crippen molar-refractivity contribution in [3.63, 3.8) is 0 Å². The molecule has 2 aromatic heterocycles. The van der Waals surface area contributed by atoms with Gasteiger partial charge in [-0.3, -0.25) is 14.7 Å². The predicted octanol–water partition coefficient (Wildman–Crippen LogP) is 5.87. The molecule has 35 heavy (non-hydrogen) atoms. The molecule has 0 radical (unpaired) electrons. The lowest BCUT2D eigenvalue weighted by atomic mass is 10.1. The average Bonchev–Trinajstić information content (AvgIpc) is 3.30. The van der Waals surface area contributed by atoms with Crippen molar-refractivity contribution in [3.05, 3.63) is 71.8 Å². The number of aromatic nitrogens is 2. The van der Waals surface area contributed by atoms with Crippen molar-refractivity contribution >= 4 is 32.6 Å². The molecule has 0 aliphatic rings. The number of anilines is 1. The molecule has 0 aliphatic heterocycles. The number of ether oxygens (including phenoxy) is 3. The monoisotopic (exact) mass is 495 g/mol. The molecular formula is C26H26FN3O4S. The fraction of sp³-hybridized carbons (Fsp3) is 0.269. The van der Waals surface area contributed by atoms with Crippen molar-refractivity contribution in [2.45, 2.75) is 27.3 Å². The van der Waals surface area contributed by atoms with E-state index in [0.29, 0.717) is 52.5 Å². The van der Waals surface area contributed by atoms with E-state index in [-0.39, 0.29) is 18.0 Å². The number of pyridine rings is 1. The second-order valence-electron chi connectivity index (χ2n) is 7.44. The number of thiazole rings is 1. The Kier molecular flexibility index (Phi) is 7.77. The molecule has 182 valence electrons. The van der Waals surface area contributed by atoms with Gasteiger partial charge in [0.15, 0.2) is 16.6 Å². The van der Waals surface area contributed by atoms with Crippen LogP contribution in [0.15, 0.2) is 54.9 Å². The lowest BCUT2D eigenvalue weighted by molar-refractivity contribution is 0.0984. The van der Waals surface area contributed by atoms with E-state index in [9.17, 15) is 9.18 Å². The topological polar surface area (TPSA) is 73.8 Å². The van der Waals surface area contributed by atoms with Crippen LogP contribution in [0.4, 0.5) is 9.52 Å². The van der Waals surface area contributed by atoms with Gasteiger partial charge in [0.2, 0.25) is 5.75 Å². The number of carbonyl (C=O) groups is 1. The molecule has 0 fully saturated rings. The smallest absolute Gasteiger partial charge is 0.260 e. The molecule has 0 saturated heterocycles. The van der Waals surface area contributed by atoms with Crippen LogP contribution < -0.4 is 19.1 Å². The Balaban J connectivity index is 1.82. The van der Waals surface area contributed by atoms with E-state index < -0.39 is 5.82 Å². The van der Waals surface area contributed by atoms with Crippen LogP contribution in [0.25, 0.3) is 10.2 Å². The number of rotatable bonds is 10. The molecule has 4 rings (SSSR count). The zero-order chi connectivity index (χ0) is 24.8. The molecule has 7 nitrogen and oxygen atoms in total. The summed E-state index contributed by atoms with van der Waals surface area (Å²) in [7, 11) is 0. The lowest BCUT2D eigenvalue weighted by Gasteiger charge is -2.22. The van der Waals surface area contributed by atoms with Gasteiger partial charge >= 0.3 is 0 Å². The fourth-order valence-electron chi connectivity index (χ4n) is 3.59. The molecule has 2 aromatic carbocycles. The first-order valence-electron chi connectivity index (χ1n) is 11.4. The van der Waals surface area contributed by atoms with Gasteiger partial charge in [-0.05, 0) is 56.7 Å². The summed E-state index contributed by atoms with van der Waals surface area (Å²) in [6.07, 6.45) is 3.35. The van der Waals surface area contributed by atoms with Crippen LogP contribution in [0.1, 0.15) is 36.7 Å². The van der Waals surface area contributed by atoms with E-state index in [2.05, 4.69) is 9.97 Å². The van der Waals surface area contributed by atoms with Gasteiger partial charge in [0.1, 0.15) is 11.3 Å². The predicted molar refractivity (Wildman–Crippen MR) is 134 cm³/mol. The first kappa shape index (κ1) is 24.4. The summed E-state index contributed by atoms with van der Waals surface area (Å²) in [5.74, 6) is 0.518. The minimum Gasteiger partial charge on any atom is -0.490 e. The highest BCUT2D eigenvalue weighted by atomic mass is 32.1. The van der Waals surface area contributed by atoms with Gasteiger partial charge in [-0.2, -0.15) is 0 Å². The van der Waals surface area contributed by atoms with Crippen LogP contribution in [0.5, 0.6) is 17.2 Å². The second kappa shape index (κ2) is 11.1. The molecular weight excluding hydrogens is 469 g/mol. The van der Waals surface area contributed by atoms with E-state index >= 15 is 0 Å². The minimum absolute atomic E-state index is 0.204. The van der Waals surface area contributed by atoms with Crippen LogP contribution in [0, 0.1) is 5.82 Å². The van der Waals surface area contributed by atoms with Gasteiger partial charge in [-0.1, -0.05) is 23.5 Å². The van der Waals surface area contributed by atoms with E-state index in [1.807, 2.05) is 26.8 Å². The molecule has 1 amide bonds. The Morgan fingerprint density at radius 1 is 1.00 bits per heavy atom. The van der Waals surface area contributed by atoms with E-state index in [4.69, 9.17) is 14.2 Å². The molecule has 0 aliphatic carbocycles. The summed E-state index contributed by atoms with van der Waals surface area (Å²) in [6.45, 7) is 6.98. The number of amides is 1. The number of hydrogen-bond donors (Lipinski definition) is 0. The Hall–Kier alpha value is -3.72. The molecule has 0 saturated carbocycles. The summed E-state index contributed by atoms with van der Waals surface area (Å²) in [5.41, 5.74) is 1.37. The van der Waals surface area contributed by atoms with Gasteiger partial charge in [0.25, 0.3) is 5.91 Å². The number of para-hydroxylation sites is 1. The Morgan fingerprint density at radius 2 is 1.71 bits per heavy atom. The van der Waals surface area contributed by atoms with Crippen molar-refractivity contribution in [3.8, 4) is 17.2 Å². The largest absolute Gasteiger partial charge is 0.490 e. The first-order chi connectivity index (χ1) is 17.0. The average molecular weight is 496 g/mol. The minimum atomic E-state index is -0.433. The second-order valence-corrected chi connectivity index (χ2v) is 8.45. The highest BCUT2D eigenvalue weighted by molar-refractivity contribution is 7.22. The third-order valence-electron chi connectivity index (χ3n) is 5.05. The zero-order valence-corrected chi connectivity index (χ0v) is 20.6. The molecule has 0 unspecified atom stereocenters. The summed E-state index contributed by atoms with van der Waals surface area (Å²) in [4.78, 5) is 24.1. The van der Waals surface area contributed by atoms with Crippen LogP contribution in [0.3, 0.4) is 0 Å². The number of hydrogen-bond acceptors (Lipinski definition) is 7. The molecule has 2 heterocycles. The quantitative estimate of drug-likeness (QED) is 0.274. The molecule has 9 heteroatoms. The van der Waals surface area contributed by atoms with Gasteiger partial charge < -0.3 is 14.2 Å². The summed E-state index contributed by atoms with van der Waals surface area (Å²) in [6, 6.07) is 11.7. The number of benzene rings is 2. The van der Waals surface area contributed by atoms with Crippen LogP contribution >= 0.6 is 11.3 Å². The summed E-state index contributed by atoms with van der Waals surface area (Å²) >= 11 is 1.25. The fourth-order valence-corrected chi connectivity index (χ4v) is 4.56. The number of carbonyl (C=O) groups excluding carboxylic acids is 1. The maximum atomic E-state index is 14.4. The van der Waals surface area contributed by atoms with Gasteiger partial charge in [0.05, 0.1) is 31.1 Å². The third kappa shape index (κ3) is 5.35. The van der Waals surface area contributed by atoms with Crippen LogP contribution in [-0.4, -0.2) is 35.7 Å². The number of halogens is 1. The Labute approximate surface area is 207 Å². The van der Waals surface area contributed by atoms with Crippen molar-refractivity contribution in [2.75, 3.05) is 24.7 Å². The van der Waals surface area contributed by atoms with Crippen molar-refractivity contribution in [2.24, 2.45) is 0 Å². The molecule has 0 spiro atoms. The number of nitrogens with zero attached hydrogens (tertiary/aromatic N) is 3. The zero-order valence-electron chi connectivity index (χ0n) is 19.8. The van der Waals surface area contributed by atoms with Gasteiger partial charge in [-0.25, -0.2) is 9.37 Å². The lowest BCUT2D eigenvalue weighted by Crippen LogP contribution is -2.30. The summed E-state index contributed by atoms with van der Waals surface area (Å²) < 4.78 is 32.4. The number of fused-ring (bicyclic) bond motifs is 1. The normalized spacial score (nSPS) is 10.9. The van der Waals surface area contributed by atoms with Gasteiger partial charge in [0, 0.05) is 18.0 Å². The van der Waals surface area contributed by atoms with Crippen LogP contribution in [0.2, 0.25) is 0 Å². The molecule has 0 bridgehead atoms. The molecule has 0 atom stereocenters. The van der Waals surface area contributed by atoms with Crippen molar-refractivity contribution in [1.82, 2.24) is 9.97 Å². The van der Waals surface area contributed by atoms with Crippen LogP contribution in [-0.2, 0) is 6.54 Å².